The van der Waals surface area contributed by atoms with Gasteiger partial charge in [0.05, 0.1) is 0 Å². The van der Waals surface area contributed by atoms with E-state index in [0.29, 0.717) is 0 Å². The lowest BCUT2D eigenvalue weighted by molar-refractivity contribution is -0.259. The van der Waals surface area contributed by atoms with Gasteiger partial charge in [-0.15, -0.1) is 0 Å². The fraction of sp³-hybridized carbons (Fsp3) is 1.00. The molecule has 0 saturated heterocycles. The van der Waals surface area contributed by atoms with E-state index in [-0.39, 0.29) is 0 Å². The molecule has 23 heteroatoms. The summed E-state index contributed by atoms with van der Waals surface area (Å²) in [4.78, 5) is 0. The second kappa shape index (κ2) is 10.9. The third-order valence-corrected chi connectivity index (χ3v) is 5.74. The third kappa shape index (κ3) is 10.2. The number of hydrogen-bond donors (Lipinski definition) is 0. The Kier molecular flexibility index (Phi) is 10.6. The van der Waals surface area contributed by atoms with Crippen molar-refractivity contribution in [1.82, 2.24) is 0 Å². The molecule has 3 atom stereocenters. The fourth-order valence-electron chi connectivity index (χ4n) is 1.61. The van der Waals surface area contributed by atoms with Gasteiger partial charge in [0.25, 0.3) is 18.5 Å². The van der Waals surface area contributed by atoms with E-state index < -0.39 is 82.7 Å². The van der Waals surface area contributed by atoms with Crippen LogP contribution in [0.15, 0.2) is 0 Å². The normalized spacial score (nSPS) is 19.3. The van der Waals surface area contributed by atoms with Gasteiger partial charge in [0, 0.05) is 0 Å². The minimum Gasteiger partial charge on any atom is -0.355 e. The first-order valence-corrected chi connectivity index (χ1v) is 10.7. The second-order valence-electron chi connectivity index (χ2n) is 6.34. The van der Waals surface area contributed by atoms with Gasteiger partial charge in [-0.1, -0.05) is 11.1 Å². The summed E-state index contributed by atoms with van der Waals surface area (Å²) in [5.74, 6) is -17.2. The molecule has 0 aliphatic heterocycles. The zero-order valence-electron chi connectivity index (χ0n) is 15.8. The Bertz CT molecular complexity index is 591. The molecule has 0 fully saturated rings. The number of rotatable bonds is 12. The van der Waals surface area contributed by atoms with Crippen molar-refractivity contribution in [2.45, 2.75) is 54.8 Å². The molecule has 0 aromatic rings. The van der Waals surface area contributed by atoms with Gasteiger partial charge in [-0.05, 0) is 0 Å². The van der Waals surface area contributed by atoms with E-state index in [9.17, 15) is 79.0 Å². The molecule has 3 unspecified atom stereocenters. The van der Waals surface area contributed by atoms with Gasteiger partial charge in [-0.25, -0.2) is 39.5 Å². The topological polar surface area (TPSA) is 27.7 Å². The van der Waals surface area contributed by atoms with Crippen molar-refractivity contribution < 1.29 is 92.3 Å². The molecule has 0 spiro atoms. The Morgan fingerprint density at radius 2 is 0.629 bits per heavy atom. The standard InChI is InChI=1S/C12H9ClF18O3Si/c13-35(32-1-7(17,18)4(14)10(23,24)25,33-2-8(19,20)5(15)11(26,27)28)34-3-9(21,22)6(16)12(29,30)31/h4-6H,1-3H2. The first-order valence-electron chi connectivity index (χ1n) is 7.95. The Balaban J connectivity index is 5.83. The van der Waals surface area contributed by atoms with E-state index in [1.165, 1.54) is 0 Å². The highest BCUT2D eigenvalue weighted by Crippen LogP contribution is 2.39. The minimum absolute atomic E-state index is 3.04. The molecule has 0 aromatic heterocycles. The summed E-state index contributed by atoms with van der Waals surface area (Å²) in [5, 5.41) is 0. The molecule has 0 N–H and O–H groups in total. The molecule has 0 rings (SSSR count). The average Bonchev–Trinajstić information content (AvgIpc) is 2.66. The number of halogens is 19. The molecule has 3 nitrogen and oxygen atoms in total. The minimum atomic E-state index is -6.46. The van der Waals surface area contributed by atoms with Crippen LogP contribution in [0.3, 0.4) is 0 Å². The first-order chi connectivity index (χ1) is 15.1. The van der Waals surface area contributed by atoms with Gasteiger partial charge in [0.2, 0.25) is 0 Å². The molecule has 0 heterocycles. The molecule has 0 amide bonds. The van der Waals surface area contributed by atoms with Gasteiger partial charge in [-0.2, -0.15) is 39.5 Å². The molecule has 0 aromatic carbocycles. The quantitative estimate of drug-likeness (QED) is 0.148. The van der Waals surface area contributed by atoms with Crippen LogP contribution in [0.5, 0.6) is 0 Å². The molecule has 0 radical (unpaired) electrons. The van der Waals surface area contributed by atoms with Gasteiger partial charge in [-0.3, -0.25) is 0 Å². The van der Waals surface area contributed by atoms with Gasteiger partial charge < -0.3 is 13.3 Å². The van der Waals surface area contributed by atoms with Crippen LogP contribution in [-0.2, 0) is 13.3 Å². The zero-order valence-corrected chi connectivity index (χ0v) is 17.5. The van der Waals surface area contributed by atoms with Crippen LogP contribution in [0.25, 0.3) is 0 Å². The third-order valence-electron chi connectivity index (χ3n) is 3.29. The van der Waals surface area contributed by atoms with Crippen molar-refractivity contribution in [3.63, 3.8) is 0 Å². The lowest BCUT2D eigenvalue weighted by atomic mass is 10.2. The highest BCUT2D eigenvalue weighted by atomic mass is 35.6. The Hall–Kier alpha value is -0.873. The van der Waals surface area contributed by atoms with Crippen molar-refractivity contribution in [3.8, 4) is 0 Å². The van der Waals surface area contributed by atoms with Gasteiger partial charge >= 0.3 is 44.4 Å². The van der Waals surface area contributed by atoms with Crippen molar-refractivity contribution in [1.29, 1.82) is 0 Å². The maximum Gasteiger partial charge on any atom is 0.613 e. The molecular weight excluding hydrogens is 598 g/mol. The summed E-state index contributed by atoms with van der Waals surface area (Å²) >= 11 is 4.98. The summed E-state index contributed by atoms with van der Waals surface area (Å²) in [6, 6.07) is 0. The summed E-state index contributed by atoms with van der Waals surface area (Å²) < 4.78 is 238. The van der Waals surface area contributed by atoms with Gasteiger partial charge in [0.1, 0.15) is 19.8 Å². The van der Waals surface area contributed by atoms with Crippen molar-refractivity contribution in [2.75, 3.05) is 19.8 Å². The molecule has 35 heavy (non-hydrogen) atoms. The number of alkyl halides is 18. The summed E-state index contributed by atoms with van der Waals surface area (Å²) in [7, 11) is -6.46. The van der Waals surface area contributed by atoms with Crippen LogP contribution in [0.1, 0.15) is 0 Å². The Labute approximate surface area is 187 Å². The van der Waals surface area contributed by atoms with E-state index in [4.69, 9.17) is 11.1 Å². The van der Waals surface area contributed by atoms with E-state index >= 15 is 0 Å². The first kappa shape index (κ1) is 34.1. The smallest absolute Gasteiger partial charge is 0.355 e. The summed E-state index contributed by atoms with van der Waals surface area (Å²) in [5.41, 5.74) is 0. The molecule has 0 saturated carbocycles. The maximum atomic E-state index is 13.3. The largest absolute Gasteiger partial charge is 0.613 e. The van der Waals surface area contributed by atoms with Crippen LogP contribution >= 0.6 is 11.1 Å². The van der Waals surface area contributed by atoms with Crippen LogP contribution in [0.4, 0.5) is 79.0 Å². The van der Waals surface area contributed by atoms with Gasteiger partial charge in [0.15, 0.2) is 0 Å². The second-order valence-corrected chi connectivity index (χ2v) is 9.56. The van der Waals surface area contributed by atoms with E-state index in [1.54, 1.807) is 0 Å². The fourth-order valence-corrected chi connectivity index (χ4v) is 3.45. The highest BCUT2D eigenvalue weighted by Gasteiger charge is 2.62. The van der Waals surface area contributed by atoms with Crippen molar-refractivity contribution in [3.05, 3.63) is 0 Å². The number of hydrogen-bond acceptors (Lipinski definition) is 3. The highest BCUT2D eigenvalue weighted by molar-refractivity contribution is 7.09. The van der Waals surface area contributed by atoms with E-state index in [2.05, 4.69) is 13.3 Å². The average molecular weight is 607 g/mol. The predicted molar refractivity (Wildman–Crippen MR) is 77.2 cm³/mol. The maximum absolute atomic E-state index is 13.3. The summed E-state index contributed by atoms with van der Waals surface area (Å²) in [6.45, 7) is -9.13. The Morgan fingerprint density at radius 1 is 0.457 bits per heavy atom. The van der Waals surface area contributed by atoms with E-state index in [1.807, 2.05) is 0 Å². The van der Waals surface area contributed by atoms with Crippen molar-refractivity contribution in [2.24, 2.45) is 0 Å². The summed E-state index contributed by atoms with van der Waals surface area (Å²) in [6.07, 6.45) is -34.4. The molecular formula is C12H9ClF18O3Si. The predicted octanol–water partition coefficient (Wildman–Crippen LogP) is 6.32. The molecule has 0 aliphatic rings. The monoisotopic (exact) mass is 606 g/mol. The SMILES string of the molecule is FC(C(F)(F)F)C(F)(F)CO[Si](Cl)(OCC(F)(F)C(F)C(F)(F)F)OCC(F)(F)C(F)C(F)(F)F. The molecule has 0 bridgehead atoms. The molecule has 212 valence electrons. The molecule has 0 aliphatic carbocycles. The van der Waals surface area contributed by atoms with Crippen LogP contribution in [0.2, 0.25) is 0 Å². The lowest BCUT2D eigenvalue weighted by Crippen LogP contribution is -2.54. The zero-order chi connectivity index (χ0) is 28.5. The lowest BCUT2D eigenvalue weighted by Gasteiger charge is -2.31. The van der Waals surface area contributed by atoms with Crippen LogP contribution in [-0.4, -0.2) is 82.7 Å². The van der Waals surface area contributed by atoms with E-state index in [0.717, 1.165) is 0 Å². The Morgan fingerprint density at radius 3 is 0.771 bits per heavy atom. The van der Waals surface area contributed by atoms with Crippen LogP contribution in [0, 0.1) is 0 Å². The van der Waals surface area contributed by atoms with Crippen molar-refractivity contribution >= 4 is 19.2 Å². The van der Waals surface area contributed by atoms with Crippen LogP contribution < -0.4 is 0 Å².